The number of hydrogen-bond donors (Lipinski definition) is 1. The maximum absolute atomic E-state index is 11.8. The Bertz CT molecular complexity index is 348. The highest BCUT2D eigenvalue weighted by Gasteiger charge is 2.38. The zero-order valence-corrected chi connectivity index (χ0v) is 12.6. The number of nitrogens with two attached hydrogens (primary N) is 1. The number of rotatable bonds is 4. The number of morpholine rings is 1. The monoisotopic (exact) mass is 298 g/mol. The predicted molar refractivity (Wildman–Crippen MR) is 77.5 cm³/mol. The molecule has 0 aliphatic carbocycles. The molecule has 0 bridgehead atoms. The Kier molecular flexibility index (Phi) is 4.95. The van der Waals surface area contributed by atoms with Gasteiger partial charge >= 0.3 is 6.09 Å². The van der Waals surface area contributed by atoms with E-state index >= 15 is 0 Å². The number of carbonyl (C=O) groups excluding carboxylic acids is 1. The fraction of sp³-hybridized carbons (Fsp3) is 0.929. The van der Waals surface area contributed by atoms with Crippen molar-refractivity contribution in [1.82, 2.24) is 14.8 Å². The normalized spacial score (nSPS) is 30.6. The number of ether oxygens (including phenoxy) is 2. The quantitative estimate of drug-likeness (QED) is 0.562. The van der Waals surface area contributed by atoms with Gasteiger partial charge in [-0.3, -0.25) is 5.84 Å². The molecule has 3 saturated heterocycles. The molecule has 0 spiro atoms. The van der Waals surface area contributed by atoms with E-state index in [1.54, 1.807) is 4.90 Å². The van der Waals surface area contributed by atoms with Gasteiger partial charge in [0.25, 0.3) is 0 Å². The smallest absolute Gasteiger partial charge is 0.409 e. The van der Waals surface area contributed by atoms with Crippen molar-refractivity contribution >= 4 is 6.09 Å². The maximum atomic E-state index is 11.8. The summed E-state index contributed by atoms with van der Waals surface area (Å²) in [6.07, 6.45) is 0.706. The molecule has 7 heteroatoms. The lowest BCUT2D eigenvalue weighted by atomic mass is 10.0. The lowest BCUT2D eigenvalue weighted by Gasteiger charge is -2.26. The Hall–Kier alpha value is -0.890. The number of amides is 1. The Morgan fingerprint density at radius 1 is 1.14 bits per heavy atom. The summed E-state index contributed by atoms with van der Waals surface area (Å²) in [5.74, 6) is 7.30. The fourth-order valence-corrected chi connectivity index (χ4v) is 3.59. The molecule has 0 aromatic carbocycles. The van der Waals surface area contributed by atoms with Gasteiger partial charge < -0.3 is 19.3 Å². The molecule has 0 aromatic heterocycles. The average molecular weight is 298 g/mol. The SMILES string of the molecule is NN1C[C@@H]2CN(CCCOC(=O)N3CCOCC3)C[C@@H]2C1. The molecule has 3 fully saturated rings. The minimum absolute atomic E-state index is 0.199. The van der Waals surface area contributed by atoms with Gasteiger partial charge in [-0.1, -0.05) is 0 Å². The van der Waals surface area contributed by atoms with E-state index in [4.69, 9.17) is 15.3 Å². The van der Waals surface area contributed by atoms with Gasteiger partial charge in [-0.25, -0.2) is 9.80 Å². The molecule has 3 heterocycles. The summed E-state index contributed by atoms with van der Waals surface area (Å²) < 4.78 is 10.5. The van der Waals surface area contributed by atoms with Crippen molar-refractivity contribution in [3.05, 3.63) is 0 Å². The highest BCUT2D eigenvalue weighted by atomic mass is 16.6. The van der Waals surface area contributed by atoms with E-state index in [1.807, 2.05) is 5.01 Å². The van der Waals surface area contributed by atoms with E-state index < -0.39 is 0 Å². The highest BCUT2D eigenvalue weighted by molar-refractivity contribution is 5.67. The molecular formula is C14H26N4O3. The van der Waals surface area contributed by atoms with Gasteiger partial charge in [0.05, 0.1) is 19.8 Å². The van der Waals surface area contributed by atoms with Crippen molar-refractivity contribution in [3.63, 3.8) is 0 Å². The second kappa shape index (κ2) is 6.91. The first kappa shape index (κ1) is 15.0. The summed E-state index contributed by atoms with van der Waals surface area (Å²) >= 11 is 0. The summed E-state index contributed by atoms with van der Waals surface area (Å²) in [6, 6.07) is 0. The number of likely N-dealkylation sites (tertiary alicyclic amines) is 1. The van der Waals surface area contributed by atoms with Crippen LogP contribution in [0.5, 0.6) is 0 Å². The third-order valence-electron chi connectivity index (χ3n) is 4.70. The van der Waals surface area contributed by atoms with E-state index in [-0.39, 0.29) is 6.09 Å². The Labute approximate surface area is 125 Å². The van der Waals surface area contributed by atoms with Crippen LogP contribution in [0.2, 0.25) is 0 Å². The largest absolute Gasteiger partial charge is 0.449 e. The van der Waals surface area contributed by atoms with Crippen LogP contribution in [0.3, 0.4) is 0 Å². The minimum atomic E-state index is -0.199. The number of hydrazine groups is 1. The molecule has 3 aliphatic heterocycles. The van der Waals surface area contributed by atoms with Crippen molar-refractivity contribution in [2.45, 2.75) is 6.42 Å². The van der Waals surface area contributed by atoms with Gasteiger partial charge in [-0.05, 0) is 18.3 Å². The molecule has 0 aromatic rings. The van der Waals surface area contributed by atoms with Gasteiger partial charge in [-0.15, -0.1) is 0 Å². The van der Waals surface area contributed by atoms with E-state index in [0.717, 1.165) is 51.0 Å². The van der Waals surface area contributed by atoms with Crippen LogP contribution in [0, 0.1) is 11.8 Å². The second-order valence-electron chi connectivity index (χ2n) is 6.30. The van der Waals surface area contributed by atoms with Crippen molar-refractivity contribution < 1.29 is 14.3 Å². The summed E-state index contributed by atoms with van der Waals surface area (Å²) in [5.41, 5.74) is 0. The van der Waals surface area contributed by atoms with Crippen LogP contribution in [0.15, 0.2) is 0 Å². The lowest BCUT2D eigenvalue weighted by Crippen LogP contribution is -2.41. The van der Waals surface area contributed by atoms with Gasteiger partial charge in [0.1, 0.15) is 0 Å². The van der Waals surface area contributed by atoms with E-state index in [9.17, 15) is 4.79 Å². The molecule has 120 valence electrons. The molecule has 1 amide bonds. The third kappa shape index (κ3) is 3.85. The molecule has 3 aliphatic rings. The number of hydrogen-bond acceptors (Lipinski definition) is 6. The minimum Gasteiger partial charge on any atom is -0.449 e. The van der Waals surface area contributed by atoms with Crippen LogP contribution < -0.4 is 5.84 Å². The zero-order chi connectivity index (χ0) is 14.7. The van der Waals surface area contributed by atoms with Crippen LogP contribution in [0.4, 0.5) is 4.79 Å². The summed E-state index contributed by atoms with van der Waals surface area (Å²) in [5, 5.41) is 1.94. The van der Waals surface area contributed by atoms with Crippen molar-refractivity contribution in [1.29, 1.82) is 0 Å². The predicted octanol–water partition coefficient (Wildman–Crippen LogP) is -0.417. The topological polar surface area (TPSA) is 71.3 Å². The Balaban J connectivity index is 1.28. The highest BCUT2D eigenvalue weighted by Crippen LogP contribution is 2.29. The van der Waals surface area contributed by atoms with Gasteiger partial charge in [0.2, 0.25) is 0 Å². The fourth-order valence-electron chi connectivity index (χ4n) is 3.59. The summed E-state index contributed by atoms with van der Waals surface area (Å²) in [6.45, 7) is 8.34. The van der Waals surface area contributed by atoms with E-state index in [2.05, 4.69) is 4.90 Å². The number of nitrogens with zero attached hydrogens (tertiary/aromatic N) is 3. The van der Waals surface area contributed by atoms with Crippen LogP contribution >= 0.6 is 0 Å². The van der Waals surface area contributed by atoms with Crippen LogP contribution in [-0.4, -0.2) is 86.5 Å². The van der Waals surface area contributed by atoms with E-state index in [0.29, 0.717) is 32.9 Å². The van der Waals surface area contributed by atoms with Crippen molar-refractivity contribution in [3.8, 4) is 0 Å². The van der Waals surface area contributed by atoms with E-state index in [1.165, 1.54) is 0 Å². The van der Waals surface area contributed by atoms with Crippen LogP contribution in [-0.2, 0) is 9.47 Å². The third-order valence-corrected chi connectivity index (χ3v) is 4.70. The first-order chi connectivity index (χ1) is 10.2. The molecule has 0 unspecified atom stereocenters. The Morgan fingerprint density at radius 3 is 2.48 bits per heavy atom. The molecule has 0 saturated carbocycles. The molecule has 7 nitrogen and oxygen atoms in total. The first-order valence-electron chi connectivity index (χ1n) is 7.94. The lowest BCUT2D eigenvalue weighted by molar-refractivity contribution is 0.0263. The molecule has 2 atom stereocenters. The number of fused-ring (bicyclic) bond motifs is 1. The molecule has 0 radical (unpaired) electrons. The van der Waals surface area contributed by atoms with Gasteiger partial charge in [0.15, 0.2) is 0 Å². The maximum Gasteiger partial charge on any atom is 0.409 e. The Morgan fingerprint density at radius 2 is 1.81 bits per heavy atom. The summed E-state index contributed by atoms with van der Waals surface area (Å²) in [7, 11) is 0. The standard InChI is InChI=1S/C14H26N4O3/c15-18-10-12-8-16(9-13(12)11-18)2-1-5-21-14(19)17-3-6-20-7-4-17/h12-13H,1-11,15H2/t12-,13+. The van der Waals surface area contributed by atoms with Crippen molar-refractivity contribution in [2.75, 3.05) is 65.6 Å². The second-order valence-corrected chi connectivity index (χ2v) is 6.30. The summed E-state index contributed by atoms with van der Waals surface area (Å²) in [4.78, 5) is 16.0. The molecular weight excluding hydrogens is 272 g/mol. The van der Waals surface area contributed by atoms with Crippen LogP contribution in [0.1, 0.15) is 6.42 Å². The molecule has 2 N–H and O–H groups in total. The number of carbonyl (C=O) groups is 1. The van der Waals surface area contributed by atoms with Gasteiger partial charge in [-0.2, -0.15) is 0 Å². The first-order valence-corrected chi connectivity index (χ1v) is 7.94. The van der Waals surface area contributed by atoms with Crippen molar-refractivity contribution in [2.24, 2.45) is 17.7 Å². The molecule has 21 heavy (non-hydrogen) atoms. The van der Waals surface area contributed by atoms with Gasteiger partial charge in [0, 0.05) is 45.8 Å². The average Bonchev–Trinajstić information content (AvgIpc) is 3.01. The molecule has 3 rings (SSSR count). The zero-order valence-electron chi connectivity index (χ0n) is 12.6. The van der Waals surface area contributed by atoms with Crippen LogP contribution in [0.25, 0.3) is 0 Å².